The van der Waals surface area contributed by atoms with Crippen molar-refractivity contribution in [2.45, 2.75) is 66.0 Å². The molecule has 21 heavy (non-hydrogen) atoms. The summed E-state index contributed by atoms with van der Waals surface area (Å²) < 4.78 is 0. The molecule has 1 aliphatic heterocycles. The van der Waals surface area contributed by atoms with Gasteiger partial charge in [0.25, 0.3) is 0 Å². The van der Waals surface area contributed by atoms with E-state index in [4.69, 9.17) is 0 Å². The minimum absolute atomic E-state index is 0.163. The fraction of sp³-hybridized carbons (Fsp3) is 0.684. The lowest BCUT2D eigenvalue weighted by molar-refractivity contribution is 0.393. The van der Waals surface area contributed by atoms with Gasteiger partial charge >= 0.3 is 0 Å². The monoisotopic (exact) mass is 288 g/mol. The predicted octanol–water partition coefficient (Wildman–Crippen LogP) is 4.51. The first-order chi connectivity index (χ1) is 9.89. The third-order valence-corrected chi connectivity index (χ3v) is 4.58. The Kier molecular flexibility index (Phi) is 5.32. The molecule has 0 amide bonds. The number of hydrogen-bond acceptors (Lipinski definition) is 2. The number of piperidine rings is 1. The molecule has 1 aromatic rings. The lowest BCUT2D eigenvalue weighted by atomic mass is 9.93. The van der Waals surface area contributed by atoms with Crippen LogP contribution in [0.5, 0.6) is 0 Å². The SMILES string of the molecule is CCC1CCN(c2ccc(C)cc2CNC(C)(C)C)CC1. The van der Waals surface area contributed by atoms with Crippen molar-refractivity contribution in [3.63, 3.8) is 0 Å². The first-order valence-electron chi connectivity index (χ1n) is 8.48. The molecule has 2 heteroatoms. The molecular weight excluding hydrogens is 256 g/mol. The second kappa shape index (κ2) is 6.83. The predicted molar refractivity (Wildman–Crippen MR) is 93.0 cm³/mol. The summed E-state index contributed by atoms with van der Waals surface area (Å²) in [4.78, 5) is 2.59. The Bertz CT molecular complexity index is 451. The van der Waals surface area contributed by atoms with Crippen molar-refractivity contribution in [1.29, 1.82) is 0 Å². The zero-order valence-electron chi connectivity index (χ0n) is 14.5. The molecule has 0 spiro atoms. The van der Waals surface area contributed by atoms with Gasteiger partial charge in [0.2, 0.25) is 0 Å². The Morgan fingerprint density at radius 1 is 1.19 bits per heavy atom. The topological polar surface area (TPSA) is 15.3 Å². The van der Waals surface area contributed by atoms with Gasteiger partial charge in [0.05, 0.1) is 0 Å². The van der Waals surface area contributed by atoms with E-state index in [1.807, 2.05) is 0 Å². The third kappa shape index (κ3) is 4.74. The van der Waals surface area contributed by atoms with Gasteiger partial charge in [0, 0.05) is 30.9 Å². The Hall–Kier alpha value is -1.02. The second-order valence-electron chi connectivity index (χ2n) is 7.57. The van der Waals surface area contributed by atoms with Crippen LogP contribution in [-0.2, 0) is 6.54 Å². The zero-order chi connectivity index (χ0) is 15.5. The Morgan fingerprint density at radius 3 is 2.43 bits per heavy atom. The van der Waals surface area contributed by atoms with Crippen molar-refractivity contribution in [2.24, 2.45) is 5.92 Å². The minimum Gasteiger partial charge on any atom is -0.371 e. The van der Waals surface area contributed by atoms with Crippen LogP contribution in [0.1, 0.15) is 58.1 Å². The highest BCUT2D eigenvalue weighted by molar-refractivity contribution is 5.55. The smallest absolute Gasteiger partial charge is 0.0412 e. The van der Waals surface area contributed by atoms with Gasteiger partial charge in [-0.25, -0.2) is 0 Å². The van der Waals surface area contributed by atoms with E-state index in [0.29, 0.717) is 0 Å². The van der Waals surface area contributed by atoms with Crippen LogP contribution in [-0.4, -0.2) is 18.6 Å². The first kappa shape index (κ1) is 16.4. The number of rotatable bonds is 4. The second-order valence-corrected chi connectivity index (χ2v) is 7.57. The van der Waals surface area contributed by atoms with E-state index < -0.39 is 0 Å². The molecule has 0 radical (unpaired) electrons. The quantitative estimate of drug-likeness (QED) is 0.877. The van der Waals surface area contributed by atoms with E-state index in [2.05, 4.69) is 63.0 Å². The summed E-state index contributed by atoms with van der Waals surface area (Å²) in [7, 11) is 0. The summed E-state index contributed by atoms with van der Waals surface area (Å²) in [5, 5.41) is 3.64. The summed E-state index contributed by atoms with van der Waals surface area (Å²) in [5.74, 6) is 0.933. The van der Waals surface area contributed by atoms with Crippen molar-refractivity contribution in [3.05, 3.63) is 29.3 Å². The van der Waals surface area contributed by atoms with Crippen LogP contribution in [0.15, 0.2) is 18.2 Å². The fourth-order valence-corrected chi connectivity index (χ4v) is 3.11. The van der Waals surface area contributed by atoms with Crippen LogP contribution in [0.2, 0.25) is 0 Å². The molecule has 0 atom stereocenters. The van der Waals surface area contributed by atoms with Crippen LogP contribution in [0, 0.1) is 12.8 Å². The molecule has 0 saturated carbocycles. The van der Waals surface area contributed by atoms with E-state index in [9.17, 15) is 0 Å². The van der Waals surface area contributed by atoms with Crippen molar-refractivity contribution >= 4 is 5.69 Å². The molecule has 2 rings (SSSR count). The summed E-state index contributed by atoms with van der Waals surface area (Å²) >= 11 is 0. The van der Waals surface area contributed by atoms with Crippen molar-refractivity contribution in [3.8, 4) is 0 Å². The summed E-state index contributed by atoms with van der Waals surface area (Å²) in [5.41, 5.74) is 4.40. The van der Waals surface area contributed by atoms with E-state index in [0.717, 1.165) is 12.5 Å². The van der Waals surface area contributed by atoms with Gasteiger partial charge in [-0.3, -0.25) is 0 Å². The largest absolute Gasteiger partial charge is 0.371 e. The highest BCUT2D eigenvalue weighted by atomic mass is 15.1. The van der Waals surface area contributed by atoms with Crippen molar-refractivity contribution < 1.29 is 0 Å². The molecule has 1 fully saturated rings. The molecule has 118 valence electrons. The number of nitrogens with zero attached hydrogens (tertiary/aromatic N) is 1. The van der Waals surface area contributed by atoms with Crippen molar-refractivity contribution in [1.82, 2.24) is 5.32 Å². The van der Waals surface area contributed by atoms with Gasteiger partial charge in [0.15, 0.2) is 0 Å². The molecule has 2 nitrogen and oxygen atoms in total. The van der Waals surface area contributed by atoms with Gasteiger partial charge in [-0.15, -0.1) is 0 Å². The van der Waals surface area contributed by atoms with E-state index in [-0.39, 0.29) is 5.54 Å². The molecule has 0 unspecified atom stereocenters. The molecule has 1 N–H and O–H groups in total. The number of benzene rings is 1. The molecule has 0 aromatic heterocycles. The number of nitrogens with one attached hydrogen (secondary N) is 1. The van der Waals surface area contributed by atoms with E-state index in [1.54, 1.807) is 0 Å². The molecule has 1 aliphatic rings. The van der Waals surface area contributed by atoms with Crippen LogP contribution < -0.4 is 10.2 Å². The van der Waals surface area contributed by atoms with E-state index in [1.165, 1.54) is 49.2 Å². The van der Waals surface area contributed by atoms with Crippen LogP contribution >= 0.6 is 0 Å². The molecule has 1 heterocycles. The Balaban J connectivity index is 2.11. The Morgan fingerprint density at radius 2 is 1.86 bits per heavy atom. The maximum atomic E-state index is 3.64. The number of anilines is 1. The normalized spacial score (nSPS) is 17.3. The van der Waals surface area contributed by atoms with Crippen LogP contribution in [0.3, 0.4) is 0 Å². The maximum Gasteiger partial charge on any atom is 0.0412 e. The Labute approximate surface area is 130 Å². The van der Waals surface area contributed by atoms with Crippen LogP contribution in [0.25, 0.3) is 0 Å². The first-order valence-corrected chi connectivity index (χ1v) is 8.48. The minimum atomic E-state index is 0.163. The number of hydrogen-bond donors (Lipinski definition) is 1. The highest BCUT2D eigenvalue weighted by Crippen LogP contribution is 2.28. The molecule has 0 aliphatic carbocycles. The molecule has 0 bridgehead atoms. The molecule has 1 saturated heterocycles. The van der Waals surface area contributed by atoms with Gasteiger partial charge in [0.1, 0.15) is 0 Å². The summed E-state index contributed by atoms with van der Waals surface area (Å²) in [6, 6.07) is 6.92. The lowest BCUT2D eigenvalue weighted by Crippen LogP contribution is -2.37. The molecule has 1 aromatic carbocycles. The lowest BCUT2D eigenvalue weighted by Gasteiger charge is -2.35. The van der Waals surface area contributed by atoms with E-state index >= 15 is 0 Å². The summed E-state index contributed by atoms with van der Waals surface area (Å²) in [6.45, 7) is 14.6. The third-order valence-electron chi connectivity index (χ3n) is 4.58. The zero-order valence-corrected chi connectivity index (χ0v) is 14.5. The van der Waals surface area contributed by atoms with Crippen molar-refractivity contribution in [2.75, 3.05) is 18.0 Å². The number of aryl methyl sites for hydroxylation is 1. The van der Waals surface area contributed by atoms with Gasteiger partial charge < -0.3 is 10.2 Å². The average molecular weight is 288 g/mol. The van der Waals surface area contributed by atoms with Crippen LogP contribution in [0.4, 0.5) is 5.69 Å². The maximum absolute atomic E-state index is 3.64. The van der Waals surface area contributed by atoms with Gasteiger partial charge in [-0.05, 0) is 58.1 Å². The standard InChI is InChI=1S/C19H32N2/c1-6-16-9-11-21(12-10-16)18-8-7-15(2)13-17(18)14-20-19(3,4)5/h7-8,13,16,20H,6,9-12,14H2,1-5H3. The molecular formula is C19H32N2. The fourth-order valence-electron chi connectivity index (χ4n) is 3.11. The van der Waals surface area contributed by atoms with Gasteiger partial charge in [-0.2, -0.15) is 0 Å². The summed E-state index contributed by atoms with van der Waals surface area (Å²) in [6.07, 6.45) is 4.02. The van der Waals surface area contributed by atoms with Gasteiger partial charge in [-0.1, -0.05) is 31.0 Å². The highest BCUT2D eigenvalue weighted by Gasteiger charge is 2.20. The average Bonchev–Trinajstić information content (AvgIpc) is 2.45.